The Morgan fingerprint density at radius 3 is 3.00 bits per heavy atom. The molecule has 1 N–H and O–H groups in total. The van der Waals surface area contributed by atoms with Gasteiger partial charge in [0.15, 0.2) is 0 Å². The van der Waals surface area contributed by atoms with Crippen LogP contribution in [-0.4, -0.2) is 60.0 Å². The van der Waals surface area contributed by atoms with E-state index < -0.39 is 0 Å². The number of amides is 1. The summed E-state index contributed by atoms with van der Waals surface area (Å²) < 4.78 is 7.76. The Bertz CT molecular complexity index is 563. The lowest BCUT2D eigenvalue weighted by atomic mass is 9.93. The fourth-order valence-corrected chi connectivity index (χ4v) is 3.98. The number of aromatic nitrogens is 2. The summed E-state index contributed by atoms with van der Waals surface area (Å²) in [7, 11) is 4.21. The molecule has 2 aliphatic rings. The summed E-state index contributed by atoms with van der Waals surface area (Å²) in [6, 6.07) is 0.0942. The molecule has 1 aromatic rings. The van der Waals surface area contributed by atoms with E-state index in [2.05, 4.69) is 36.3 Å². The number of nitrogens with zero attached hydrogens (tertiary/aromatic N) is 3. The van der Waals surface area contributed by atoms with Gasteiger partial charge in [0.1, 0.15) is 0 Å². The number of fused-ring (bicyclic) bond motifs is 1. The van der Waals surface area contributed by atoms with Crippen LogP contribution in [0.15, 0.2) is 6.20 Å². The molecule has 1 aromatic heterocycles. The molecule has 6 nitrogen and oxygen atoms in total. The second kappa shape index (κ2) is 7.66. The van der Waals surface area contributed by atoms with Crippen LogP contribution in [0.25, 0.3) is 0 Å². The fraction of sp³-hybridized carbons (Fsp3) is 0.778. The van der Waals surface area contributed by atoms with Crippen LogP contribution in [0.3, 0.4) is 0 Å². The van der Waals surface area contributed by atoms with Gasteiger partial charge >= 0.3 is 0 Å². The largest absolute Gasteiger partial charge is 0.376 e. The molecule has 1 amide bonds. The van der Waals surface area contributed by atoms with Gasteiger partial charge in [0.25, 0.3) is 5.91 Å². The van der Waals surface area contributed by atoms with Crippen LogP contribution in [0.4, 0.5) is 0 Å². The van der Waals surface area contributed by atoms with E-state index >= 15 is 0 Å². The molecule has 0 aliphatic carbocycles. The van der Waals surface area contributed by atoms with Crippen molar-refractivity contribution in [2.24, 2.45) is 5.92 Å². The molecule has 1 fully saturated rings. The second-order valence-corrected chi connectivity index (χ2v) is 7.39. The van der Waals surface area contributed by atoms with E-state index in [1.165, 1.54) is 0 Å². The summed E-state index contributed by atoms with van der Waals surface area (Å²) in [4.78, 5) is 15.0. The molecule has 0 bridgehead atoms. The summed E-state index contributed by atoms with van der Waals surface area (Å²) in [6.07, 6.45) is 6.97. The first-order valence-electron chi connectivity index (χ1n) is 9.20. The van der Waals surface area contributed by atoms with Crippen LogP contribution in [0.1, 0.15) is 48.7 Å². The summed E-state index contributed by atoms with van der Waals surface area (Å²) in [6.45, 7) is 4.88. The maximum atomic E-state index is 12.8. The zero-order chi connectivity index (χ0) is 17.1. The Labute approximate surface area is 144 Å². The van der Waals surface area contributed by atoms with Gasteiger partial charge in [0.2, 0.25) is 0 Å². The number of carbonyl (C=O) groups excluding carboxylic acids is 1. The third-order valence-electron chi connectivity index (χ3n) is 5.22. The van der Waals surface area contributed by atoms with Crippen molar-refractivity contribution in [3.8, 4) is 0 Å². The number of aryl methyl sites for hydroxylation is 1. The first-order chi connectivity index (χ1) is 11.6. The molecule has 6 heteroatoms. The lowest BCUT2D eigenvalue weighted by Crippen LogP contribution is -2.43. The molecule has 0 radical (unpaired) electrons. The molecule has 3 heterocycles. The number of hydrogen-bond donors (Lipinski definition) is 1. The third-order valence-corrected chi connectivity index (χ3v) is 5.22. The van der Waals surface area contributed by atoms with Crippen molar-refractivity contribution in [1.29, 1.82) is 0 Å². The predicted molar refractivity (Wildman–Crippen MR) is 93.1 cm³/mol. The highest BCUT2D eigenvalue weighted by atomic mass is 16.5. The van der Waals surface area contributed by atoms with E-state index in [0.29, 0.717) is 5.92 Å². The van der Waals surface area contributed by atoms with Crippen molar-refractivity contribution >= 4 is 5.91 Å². The van der Waals surface area contributed by atoms with Crippen LogP contribution in [0.2, 0.25) is 0 Å². The van der Waals surface area contributed by atoms with Gasteiger partial charge in [-0.1, -0.05) is 6.92 Å². The molecule has 1 saturated heterocycles. The average molecular weight is 334 g/mol. The molecule has 3 unspecified atom stereocenters. The molecule has 0 saturated carbocycles. The molecule has 3 atom stereocenters. The average Bonchev–Trinajstić information content (AvgIpc) is 3.21. The van der Waals surface area contributed by atoms with Gasteiger partial charge in [-0.2, -0.15) is 5.10 Å². The van der Waals surface area contributed by atoms with Gasteiger partial charge in [-0.05, 0) is 52.1 Å². The summed E-state index contributed by atoms with van der Waals surface area (Å²) >= 11 is 0. The predicted octanol–water partition coefficient (Wildman–Crippen LogP) is 1.69. The monoisotopic (exact) mass is 334 g/mol. The van der Waals surface area contributed by atoms with Crippen molar-refractivity contribution in [2.45, 2.75) is 57.7 Å². The van der Waals surface area contributed by atoms with Crippen LogP contribution < -0.4 is 5.32 Å². The van der Waals surface area contributed by atoms with Gasteiger partial charge in [0, 0.05) is 19.7 Å². The Balaban J connectivity index is 1.68. The Kier molecular flexibility index (Phi) is 5.56. The number of hydrogen-bond acceptors (Lipinski definition) is 4. The molecule has 3 rings (SSSR count). The third kappa shape index (κ3) is 3.81. The van der Waals surface area contributed by atoms with Gasteiger partial charge in [0.05, 0.1) is 29.6 Å². The van der Waals surface area contributed by atoms with E-state index in [4.69, 9.17) is 4.74 Å². The lowest BCUT2D eigenvalue weighted by Gasteiger charge is -2.27. The number of rotatable bonds is 6. The molecule has 134 valence electrons. The van der Waals surface area contributed by atoms with Gasteiger partial charge in [-0.3, -0.25) is 9.48 Å². The van der Waals surface area contributed by atoms with Crippen molar-refractivity contribution in [3.05, 3.63) is 17.5 Å². The molecule has 2 aliphatic heterocycles. The highest BCUT2D eigenvalue weighted by molar-refractivity contribution is 5.95. The number of ether oxygens (including phenoxy) is 1. The van der Waals surface area contributed by atoms with E-state index in [-0.39, 0.29) is 18.1 Å². The van der Waals surface area contributed by atoms with E-state index in [0.717, 1.165) is 63.1 Å². The van der Waals surface area contributed by atoms with Crippen LogP contribution in [-0.2, 0) is 17.7 Å². The number of carbonyl (C=O) groups is 1. The Hall–Kier alpha value is -1.40. The Morgan fingerprint density at radius 1 is 1.50 bits per heavy atom. The topological polar surface area (TPSA) is 59.4 Å². The first-order valence-corrected chi connectivity index (χ1v) is 9.20. The van der Waals surface area contributed by atoms with E-state index in [1.807, 2.05) is 4.68 Å². The highest BCUT2D eigenvalue weighted by Gasteiger charge is 2.29. The van der Waals surface area contributed by atoms with Crippen LogP contribution in [0.5, 0.6) is 0 Å². The minimum atomic E-state index is 0.00380. The van der Waals surface area contributed by atoms with Gasteiger partial charge < -0.3 is 15.0 Å². The molecule has 24 heavy (non-hydrogen) atoms. The van der Waals surface area contributed by atoms with Crippen molar-refractivity contribution < 1.29 is 9.53 Å². The van der Waals surface area contributed by atoms with Crippen LogP contribution in [0, 0.1) is 5.92 Å². The van der Waals surface area contributed by atoms with E-state index in [9.17, 15) is 4.79 Å². The SMILES string of the molecule is CCC(NC(=O)c1cnn2c1CC(CN(C)C)CC2)C1CCCO1. The highest BCUT2D eigenvalue weighted by Crippen LogP contribution is 2.24. The van der Waals surface area contributed by atoms with Crippen LogP contribution >= 0.6 is 0 Å². The zero-order valence-corrected chi connectivity index (χ0v) is 15.1. The number of nitrogens with one attached hydrogen (secondary N) is 1. The van der Waals surface area contributed by atoms with Crippen molar-refractivity contribution in [1.82, 2.24) is 20.0 Å². The normalized spacial score (nSPS) is 24.8. The lowest BCUT2D eigenvalue weighted by molar-refractivity contribution is 0.0664. The van der Waals surface area contributed by atoms with Gasteiger partial charge in [-0.15, -0.1) is 0 Å². The van der Waals surface area contributed by atoms with Gasteiger partial charge in [-0.25, -0.2) is 0 Å². The van der Waals surface area contributed by atoms with Crippen molar-refractivity contribution in [3.63, 3.8) is 0 Å². The maximum Gasteiger partial charge on any atom is 0.255 e. The first kappa shape index (κ1) is 17.4. The summed E-state index contributed by atoms with van der Waals surface area (Å²) in [5.41, 5.74) is 1.84. The maximum absolute atomic E-state index is 12.8. The summed E-state index contributed by atoms with van der Waals surface area (Å²) in [5.74, 6) is 0.597. The molecular weight excluding hydrogens is 304 g/mol. The molecule has 0 aromatic carbocycles. The minimum Gasteiger partial charge on any atom is -0.376 e. The summed E-state index contributed by atoms with van der Waals surface area (Å²) in [5, 5.41) is 7.62. The smallest absolute Gasteiger partial charge is 0.255 e. The Morgan fingerprint density at radius 2 is 2.33 bits per heavy atom. The second-order valence-electron chi connectivity index (χ2n) is 7.39. The molecule has 0 spiro atoms. The van der Waals surface area contributed by atoms with E-state index in [1.54, 1.807) is 6.20 Å². The minimum absolute atomic E-state index is 0.00380. The fourth-order valence-electron chi connectivity index (χ4n) is 3.98. The zero-order valence-electron chi connectivity index (χ0n) is 15.1. The standard InChI is InChI=1S/C18H30N4O2/c1-4-15(17-6-5-9-24-17)20-18(23)14-11-19-22-8-7-13(10-16(14)22)12-21(2)3/h11,13,15,17H,4-10,12H2,1-3H3,(H,20,23). The van der Waals surface area contributed by atoms with Crippen molar-refractivity contribution in [2.75, 3.05) is 27.2 Å². The quantitative estimate of drug-likeness (QED) is 0.860. The molecular formula is C18H30N4O2.